The van der Waals surface area contributed by atoms with Crippen LogP contribution in [-0.2, 0) is 38.0 Å². The summed E-state index contributed by atoms with van der Waals surface area (Å²) in [6.45, 7) is 0.877. The summed E-state index contributed by atoms with van der Waals surface area (Å²) in [5.74, 6) is -0.457. The molecule has 1 atom stereocenters. The van der Waals surface area contributed by atoms with Crippen molar-refractivity contribution in [3.63, 3.8) is 0 Å². The fourth-order valence-corrected chi connectivity index (χ4v) is 7.28. The number of sulfonamides is 1. The highest BCUT2D eigenvalue weighted by Gasteiger charge is 2.48. The summed E-state index contributed by atoms with van der Waals surface area (Å²) < 4.78 is 26.6. The Labute approximate surface area is 237 Å². The van der Waals surface area contributed by atoms with E-state index in [2.05, 4.69) is 5.32 Å². The molecule has 5 rings (SSSR count). The molecular formula is C32H37N3O4S. The van der Waals surface area contributed by atoms with Crippen LogP contribution in [-0.4, -0.2) is 51.0 Å². The number of hydrogen-bond acceptors (Lipinski definition) is 4. The van der Waals surface area contributed by atoms with Crippen molar-refractivity contribution in [1.29, 1.82) is 0 Å². The lowest BCUT2D eigenvalue weighted by atomic mass is 9.67. The first kappa shape index (κ1) is 27.9. The average Bonchev–Trinajstić information content (AvgIpc) is 3.28. The Bertz CT molecular complexity index is 1450. The lowest BCUT2D eigenvalue weighted by molar-refractivity contribution is -0.137. The molecule has 1 aliphatic carbocycles. The van der Waals surface area contributed by atoms with Crippen LogP contribution in [0.25, 0.3) is 0 Å². The summed E-state index contributed by atoms with van der Waals surface area (Å²) in [6.07, 6.45) is 4.39. The molecule has 1 saturated carbocycles. The van der Waals surface area contributed by atoms with Crippen LogP contribution in [0.5, 0.6) is 0 Å². The van der Waals surface area contributed by atoms with E-state index in [0.717, 1.165) is 35.2 Å². The van der Waals surface area contributed by atoms with Gasteiger partial charge in [-0.3, -0.25) is 13.9 Å². The summed E-state index contributed by atoms with van der Waals surface area (Å²) in [6, 6.07) is 26.6. The van der Waals surface area contributed by atoms with Crippen LogP contribution in [0.15, 0.2) is 84.9 Å². The standard InChI is InChI=1S/C32H37N3O4S/c1-34(22-25-13-7-4-8-14-25)31(37)28(21-24-11-5-3-6-12-24)33-30(36)26-17-19-32(20-18-26)23-35(40(2,38)39)29-16-10-9-15-27(29)32/h3-16,26,28H,17-23H2,1-2H3,(H,33,36)/t26?,28-,32?/m0/s1. The van der Waals surface area contributed by atoms with E-state index in [1.54, 1.807) is 11.9 Å². The number of carbonyl (C=O) groups is 2. The van der Waals surface area contributed by atoms with E-state index in [0.29, 0.717) is 32.4 Å². The van der Waals surface area contributed by atoms with E-state index in [4.69, 9.17) is 0 Å². The summed E-state index contributed by atoms with van der Waals surface area (Å²) >= 11 is 0. The molecule has 2 amide bonds. The topological polar surface area (TPSA) is 86.8 Å². The van der Waals surface area contributed by atoms with Crippen molar-refractivity contribution in [3.05, 3.63) is 102 Å². The molecule has 1 N–H and O–H groups in total. The Morgan fingerprint density at radius 3 is 2.12 bits per heavy atom. The van der Waals surface area contributed by atoms with E-state index in [9.17, 15) is 18.0 Å². The molecule has 40 heavy (non-hydrogen) atoms. The molecule has 8 heteroatoms. The third kappa shape index (κ3) is 5.92. The first-order valence-electron chi connectivity index (χ1n) is 13.9. The van der Waals surface area contributed by atoms with Crippen LogP contribution in [0.3, 0.4) is 0 Å². The lowest BCUT2D eigenvalue weighted by Crippen LogP contribution is -2.51. The molecule has 0 unspecified atom stereocenters. The Kier molecular flexibility index (Phi) is 7.99. The predicted octanol–water partition coefficient (Wildman–Crippen LogP) is 4.28. The quantitative estimate of drug-likeness (QED) is 0.446. The van der Waals surface area contributed by atoms with Gasteiger partial charge in [0.25, 0.3) is 0 Å². The molecule has 1 aliphatic heterocycles. The minimum Gasteiger partial charge on any atom is -0.344 e. The lowest BCUT2D eigenvalue weighted by Gasteiger charge is -2.37. The number of amides is 2. The molecule has 3 aromatic carbocycles. The van der Waals surface area contributed by atoms with Gasteiger partial charge in [-0.2, -0.15) is 0 Å². The third-order valence-electron chi connectivity index (χ3n) is 8.44. The number of fused-ring (bicyclic) bond motifs is 2. The van der Waals surface area contributed by atoms with Gasteiger partial charge < -0.3 is 10.2 Å². The second kappa shape index (κ2) is 11.5. The Balaban J connectivity index is 1.28. The van der Waals surface area contributed by atoms with E-state index in [1.165, 1.54) is 10.6 Å². The van der Waals surface area contributed by atoms with Gasteiger partial charge in [0.15, 0.2) is 0 Å². The first-order valence-corrected chi connectivity index (χ1v) is 15.7. The second-order valence-corrected chi connectivity index (χ2v) is 13.2. The van der Waals surface area contributed by atoms with Gasteiger partial charge in [-0.25, -0.2) is 8.42 Å². The van der Waals surface area contributed by atoms with Crippen molar-refractivity contribution in [2.24, 2.45) is 5.92 Å². The van der Waals surface area contributed by atoms with Crippen molar-refractivity contribution in [2.75, 3.05) is 24.2 Å². The van der Waals surface area contributed by atoms with Gasteiger partial charge in [-0.05, 0) is 48.4 Å². The minimum absolute atomic E-state index is 0.108. The number of hydrogen-bond donors (Lipinski definition) is 1. The van der Waals surface area contributed by atoms with Gasteiger partial charge in [0, 0.05) is 37.9 Å². The maximum atomic E-state index is 13.6. The van der Waals surface area contributed by atoms with Gasteiger partial charge in [0.2, 0.25) is 21.8 Å². The Morgan fingerprint density at radius 2 is 1.50 bits per heavy atom. The van der Waals surface area contributed by atoms with Crippen LogP contribution in [0, 0.1) is 5.92 Å². The highest BCUT2D eigenvalue weighted by Crippen LogP contribution is 2.50. The normalized spacial score (nSPS) is 21.1. The van der Waals surface area contributed by atoms with Crippen molar-refractivity contribution >= 4 is 27.5 Å². The van der Waals surface area contributed by atoms with Gasteiger partial charge in [0.1, 0.15) is 6.04 Å². The average molecular weight is 560 g/mol. The molecule has 1 heterocycles. The zero-order valence-electron chi connectivity index (χ0n) is 23.1. The SMILES string of the molecule is CN(Cc1ccccc1)C(=O)[C@H](Cc1ccccc1)NC(=O)C1CCC2(CC1)CN(S(C)(=O)=O)c1ccccc12. The number of likely N-dealkylation sites (N-methyl/N-ethyl adjacent to an activating group) is 1. The zero-order valence-corrected chi connectivity index (χ0v) is 23.9. The molecular weight excluding hydrogens is 522 g/mol. The molecule has 1 spiro atoms. The number of para-hydroxylation sites is 1. The Hall–Kier alpha value is -3.65. The van der Waals surface area contributed by atoms with Gasteiger partial charge >= 0.3 is 0 Å². The number of nitrogens with one attached hydrogen (secondary N) is 1. The molecule has 7 nitrogen and oxygen atoms in total. The van der Waals surface area contributed by atoms with Crippen molar-refractivity contribution < 1.29 is 18.0 Å². The summed E-state index contributed by atoms with van der Waals surface area (Å²) in [5.41, 5.74) is 3.54. The number of carbonyl (C=O) groups excluding carboxylic acids is 2. The highest BCUT2D eigenvalue weighted by molar-refractivity contribution is 7.92. The molecule has 0 radical (unpaired) electrons. The van der Waals surface area contributed by atoms with Gasteiger partial charge in [-0.15, -0.1) is 0 Å². The fourth-order valence-electron chi connectivity index (χ4n) is 6.28. The number of rotatable bonds is 8. The van der Waals surface area contributed by atoms with Crippen LogP contribution < -0.4 is 9.62 Å². The second-order valence-electron chi connectivity index (χ2n) is 11.3. The van der Waals surface area contributed by atoms with Crippen LogP contribution in [0.4, 0.5) is 5.69 Å². The fraction of sp³-hybridized carbons (Fsp3) is 0.375. The van der Waals surface area contributed by atoms with Crippen LogP contribution in [0.1, 0.15) is 42.4 Å². The number of anilines is 1. The van der Waals surface area contributed by atoms with Crippen LogP contribution >= 0.6 is 0 Å². The highest BCUT2D eigenvalue weighted by atomic mass is 32.2. The summed E-state index contributed by atoms with van der Waals surface area (Å²) in [7, 11) is -1.62. The minimum atomic E-state index is -3.40. The third-order valence-corrected chi connectivity index (χ3v) is 9.57. The van der Waals surface area contributed by atoms with Crippen molar-refractivity contribution in [2.45, 2.75) is 50.1 Å². The summed E-state index contributed by atoms with van der Waals surface area (Å²) in [4.78, 5) is 28.8. The van der Waals surface area contributed by atoms with Crippen LogP contribution in [0.2, 0.25) is 0 Å². The van der Waals surface area contributed by atoms with E-state index < -0.39 is 16.1 Å². The maximum absolute atomic E-state index is 13.6. The smallest absolute Gasteiger partial charge is 0.245 e. The van der Waals surface area contributed by atoms with Gasteiger partial charge in [-0.1, -0.05) is 78.9 Å². The molecule has 210 valence electrons. The molecule has 0 saturated heterocycles. The Morgan fingerprint density at radius 1 is 0.925 bits per heavy atom. The monoisotopic (exact) mass is 559 g/mol. The zero-order chi connectivity index (χ0) is 28.3. The molecule has 2 aliphatic rings. The molecule has 0 aromatic heterocycles. The molecule has 1 fully saturated rings. The first-order chi connectivity index (χ1) is 19.2. The largest absolute Gasteiger partial charge is 0.344 e. The van der Waals surface area contributed by atoms with E-state index in [-0.39, 0.29) is 23.1 Å². The number of benzene rings is 3. The van der Waals surface area contributed by atoms with Crippen molar-refractivity contribution in [3.8, 4) is 0 Å². The maximum Gasteiger partial charge on any atom is 0.245 e. The summed E-state index contributed by atoms with van der Waals surface area (Å²) in [5, 5.41) is 3.10. The number of nitrogens with zero attached hydrogens (tertiary/aromatic N) is 2. The van der Waals surface area contributed by atoms with Crippen molar-refractivity contribution in [1.82, 2.24) is 10.2 Å². The van der Waals surface area contributed by atoms with E-state index in [1.807, 2.05) is 84.9 Å². The van der Waals surface area contributed by atoms with E-state index >= 15 is 0 Å². The molecule has 3 aromatic rings. The molecule has 0 bridgehead atoms. The van der Waals surface area contributed by atoms with Gasteiger partial charge in [0.05, 0.1) is 11.9 Å². The predicted molar refractivity (Wildman–Crippen MR) is 157 cm³/mol.